The lowest BCUT2D eigenvalue weighted by molar-refractivity contribution is -0.387. The summed E-state index contributed by atoms with van der Waals surface area (Å²) in [5.74, 6) is -2.39. The van der Waals surface area contributed by atoms with Gasteiger partial charge in [-0.1, -0.05) is 23.7 Å². The second kappa shape index (κ2) is 7.09. The predicted octanol–water partition coefficient (Wildman–Crippen LogP) is 3.38. The van der Waals surface area contributed by atoms with Crippen LogP contribution in [0.4, 0.5) is 21.5 Å². The van der Waals surface area contributed by atoms with Crippen LogP contribution >= 0.6 is 11.6 Å². The van der Waals surface area contributed by atoms with Crippen LogP contribution in [0.25, 0.3) is 0 Å². The van der Waals surface area contributed by atoms with Crippen LogP contribution in [0.5, 0.6) is 0 Å². The van der Waals surface area contributed by atoms with Crippen molar-refractivity contribution < 1.29 is 18.9 Å². The van der Waals surface area contributed by atoms with E-state index in [1.54, 1.807) is 24.3 Å². The number of amides is 2. The lowest BCUT2D eigenvalue weighted by Gasteiger charge is -2.17. The monoisotopic (exact) mass is 377 g/mol. The Bertz CT molecular complexity index is 905. The second-order valence-corrected chi connectivity index (χ2v) is 6.17. The maximum atomic E-state index is 13.5. The Labute approximate surface area is 152 Å². The first-order valence-corrected chi connectivity index (χ1v) is 8.04. The number of nitro benzene ring substituents is 1. The topological polar surface area (TPSA) is 92.6 Å². The molecule has 9 heteroatoms. The van der Waals surface area contributed by atoms with Gasteiger partial charge in [0, 0.05) is 19.0 Å². The van der Waals surface area contributed by atoms with Crippen molar-refractivity contribution in [2.45, 2.75) is 6.42 Å². The molecular weight excluding hydrogens is 365 g/mol. The quantitative estimate of drug-likeness (QED) is 0.653. The summed E-state index contributed by atoms with van der Waals surface area (Å²) in [5, 5.41) is 13.9. The highest BCUT2D eigenvalue weighted by molar-refractivity contribution is 6.33. The molecule has 1 aliphatic rings. The number of carbonyl (C=O) groups is 2. The maximum Gasteiger partial charge on any atom is 0.306 e. The number of carbonyl (C=O) groups excluding carboxylic acids is 2. The molecule has 7 nitrogen and oxygen atoms in total. The van der Waals surface area contributed by atoms with E-state index < -0.39 is 22.3 Å². The summed E-state index contributed by atoms with van der Waals surface area (Å²) < 4.78 is 13.5. The van der Waals surface area contributed by atoms with Gasteiger partial charge in [0.2, 0.25) is 17.6 Å². The van der Waals surface area contributed by atoms with E-state index in [9.17, 15) is 24.1 Å². The van der Waals surface area contributed by atoms with Crippen LogP contribution in [0.15, 0.2) is 42.5 Å². The van der Waals surface area contributed by atoms with Gasteiger partial charge in [-0.15, -0.1) is 0 Å². The molecule has 1 unspecified atom stereocenters. The van der Waals surface area contributed by atoms with E-state index in [-0.39, 0.29) is 30.5 Å². The highest BCUT2D eigenvalue weighted by Crippen LogP contribution is 2.30. The van der Waals surface area contributed by atoms with E-state index >= 15 is 0 Å². The van der Waals surface area contributed by atoms with Crippen LogP contribution in [0.1, 0.15) is 6.42 Å². The smallest absolute Gasteiger partial charge is 0.306 e. The average Bonchev–Trinajstić information content (AvgIpc) is 2.99. The lowest BCUT2D eigenvalue weighted by atomic mass is 10.1. The van der Waals surface area contributed by atoms with E-state index in [1.807, 2.05) is 0 Å². The van der Waals surface area contributed by atoms with E-state index in [0.29, 0.717) is 10.7 Å². The van der Waals surface area contributed by atoms with Crippen molar-refractivity contribution in [2.24, 2.45) is 5.92 Å². The molecule has 0 radical (unpaired) electrons. The molecule has 134 valence electrons. The molecule has 0 aromatic heterocycles. The molecule has 2 amide bonds. The average molecular weight is 378 g/mol. The van der Waals surface area contributed by atoms with Crippen molar-refractivity contribution in [3.8, 4) is 0 Å². The van der Waals surface area contributed by atoms with Crippen LogP contribution in [0, 0.1) is 21.8 Å². The van der Waals surface area contributed by atoms with Crippen LogP contribution in [0.2, 0.25) is 5.02 Å². The molecule has 0 bridgehead atoms. The van der Waals surface area contributed by atoms with Gasteiger partial charge in [0.15, 0.2) is 0 Å². The number of benzene rings is 2. The molecule has 3 rings (SSSR count). The van der Waals surface area contributed by atoms with E-state index in [2.05, 4.69) is 5.32 Å². The maximum absolute atomic E-state index is 13.5. The zero-order valence-electron chi connectivity index (χ0n) is 13.3. The van der Waals surface area contributed by atoms with Gasteiger partial charge < -0.3 is 10.2 Å². The summed E-state index contributed by atoms with van der Waals surface area (Å²) in [6.07, 6.45) is -0.0541. The summed E-state index contributed by atoms with van der Waals surface area (Å²) in [6, 6.07) is 9.89. The minimum Gasteiger partial charge on any atom is -0.324 e. The number of nitrogens with zero attached hydrogens (tertiary/aromatic N) is 2. The second-order valence-electron chi connectivity index (χ2n) is 5.77. The van der Waals surface area contributed by atoms with Crippen molar-refractivity contribution in [3.63, 3.8) is 0 Å². The molecule has 1 heterocycles. The molecule has 0 aliphatic carbocycles. The molecule has 2 aromatic carbocycles. The number of nitro groups is 1. The van der Waals surface area contributed by atoms with Crippen LogP contribution < -0.4 is 10.2 Å². The molecule has 2 aromatic rings. The minimum absolute atomic E-state index is 0.0396. The summed E-state index contributed by atoms with van der Waals surface area (Å²) in [4.78, 5) is 35.9. The van der Waals surface area contributed by atoms with Gasteiger partial charge in [-0.05, 0) is 24.3 Å². The Morgan fingerprint density at radius 3 is 2.73 bits per heavy atom. The van der Waals surface area contributed by atoms with E-state index in [4.69, 9.17) is 11.6 Å². The first-order valence-electron chi connectivity index (χ1n) is 7.66. The molecule has 1 atom stereocenters. The first kappa shape index (κ1) is 17.8. The standard InChI is InChI=1S/C17H13ClFN3O4/c18-12-3-1-2-4-14(12)20-17(24)10-7-16(23)21(9-10)11-5-6-13(19)15(8-11)22(25)26/h1-6,8,10H,7,9H2,(H,20,24). The van der Waals surface area contributed by atoms with Crippen molar-refractivity contribution in [1.29, 1.82) is 0 Å². The van der Waals surface area contributed by atoms with Crippen LogP contribution in [-0.2, 0) is 9.59 Å². The SMILES string of the molecule is O=C(Nc1ccccc1Cl)C1CC(=O)N(c2ccc(F)c([N+](=O)[O-])c2)C1. The van der Waals surface area contributed by atoms with Crippen molar-refractivity contribution in [1.82, 2.24) is 0 Å². The normalized spacial score (nSPS) is 16.6. The Hall–Kier alpha value is -3.00. The zero-order valence-corrected chi connectivity index (χ0v) is 14.1. The zero-order chi connectivity index (χ0) is 18.8. The van der Waals surface area contributed by atoms with Crippen molar-refractivity contribution in [3.05, 3.63) is 63.4 Å². The molecular formula is C17H13ClFN3O4. The highest BCUT2D eigenvalue weighted by Gasteiger charge is 2.36. The van der Waals surface area contributed by atoms with E-state index in [1.165, 1.54) is 11.0 Å². The van der Waals surface area contributed by atoms with Gasteiger partial charge in [0.25, 0.3) is 0 Å². The van der Waals surface area contributed by atoms with Gasteiger partial charge in [-0.3, -0.25) is 19.7 Å². The third-order valence-corrected chi connectivity index (χ3v) is 4.40. The fourth-order valence-corrected chi connectivity index (χ4v) is 2.92. The molecule has 1 fully saturated rings. The third-order valence-electron chi connectivity index (χ3n) is 4.07. The Kier molecular flexibility index (Phi) is 4.85. The van der Waals surface area contributed by atoms with Crippen LogP contribution in [-0.4, -0.2) is 23.3 Å². The molecule has 26 heavy (non-hydrogen) atoms. The molecule has 1 aliphatic heterocycles. The fourth-order valence-electron chi connectivity index (χ4n) is 2.74. The number of anilines is 2. The molecule has 1 N–H and O–H groups in total. The Balaban J connectivity index is 1.76. The number of hydrogen-bond donors (Lipinski definition) is 1. The van der Waals surface area contributed by atoms with Gasteiger partial charge in [-0.25, -0.2) is 0 Å². The number of nitrogens with one attached hydrogen (secondary N) is 1. The third kappa shape index (κ3) is 3.50. The Morgan fingerprint density at radius 1 is 1.31 bits per heavy atom. The van der Waals surface area contributed by atoms with Gasteiger partial charge in [-0.2, -0.15) is 4.39 Å². The van der Waals surface area contributed by atoms with Crippen molar-refractivity contribution in [2.75, 3.05) is 16.8 Å². The molecule has 1 saturated heterocycles. The number of rotatable bonds is 4. The van der Waals surface area contributed by atoms with E-state index in [0.717, 1.165) is 12.1 Å². The fraction of sp³-hybridized carbons (Fsp3) is 0.176. The predicted molar refractivity (Wildman–Crippen MR) is 93.6 cm³/mol. The summed E-state index contributed by atoms with van der Waals surface area (Å²) in [7, 11) is 0. The molecule has 0 saturated carbocycles. The minimum atomic E-state index is -0.988. The largest absolute Gasteiger partial charge is 0.324 e. The van der Waals surface area contributed by atoms with Crippen molar-refractivity contribution >= 4 is 40.5 Å². The molecule has 0 spiro atoms. The Morgan fingerprint density at radius 2 is 2.04 bits per heavy atom. The summed E-state index contributed by atoms with van der Waals surface area (Å²) in [6.45, 7) is 0.0396. The number of halogens is 2. The van der Waals surface area contributed by atoms with Gasteiger partial charge >= 0.3 is 5.69 Å². The van der Waals surface area contributed by atoms with Gasteiger partial charge in [0.05, 0.1) is 27.2 Å². The summed E-state index contributed by atoms with van der Waals surface area (Å²) in [5.41, 5.74) is -0.113. The highest BCUT2D eigenvalue weighted by atomic mass is 35.5. The number of hydrogen-bond acceptors (Lipinski definition) is 4. The van der Waals surface area contributed by atoms with Gasteiger partial charge in [0.1, 0.15) is 0 Å². The van der Waals surface area contributed by atoms with Crippen LogP contribution in [0.3, 0.4) is 0 Å². The number of para-hydroxylation sites is 1. The first-order chi connectivity index (χ1) is 12.4. The summed E-state index contributed by atoms with van der Waals surface area (Å²) >= 11 is 6.00. The lowest BCUT2D eigenvalue weighted by Crippen LogP contribution is -2.28.